The lowest BCUT2D eigenvalue weighted by Crippen LogP contribution is -2.27. The van der Waals surface area contributed by atoms with Crippen molar-refractivity contribution in [2.24, 2.45) is 7.05 Å². The molecule has 0 atom stereocenters. The molecule has 2 aromatic rings. The summed E-state index contributed by atoms with van der Waals surface area (Å²) in [5, 5.41) is 10.9. The SMILES string of the molecule is Cn1ncnc1CCNC(=O)CCn1cccn1. The Hall–Kier alpha value is -2.18. The molecule has 2 heterocycles. The van der Waals surface area contributed by atoms with E-state index >= 15 is 0 Å². The second-order valence-corrected chi connectivity index (χ2v) is 3.92. The Bertz CT molecular complexity index is 489. The summed E-state index contributed by atoms with van der Waals surface area (Å²) in [6, 6.07) is 1.84. The number of carbonyl (C=O) groups excluding carboxylic acids is 1. The third kappa shape index (κ3) is 3.41. The summed E-state index contributed by atoms with van der Waals surface area (Å²) in [6.07, 6.45) is 6.16. The normalized spacial score (nSPS) is 10.5. The second kappa shape index (κ2) is 5.95. The number of carbonyl (C=O) groups is 1. The predicted octanol–water partition coefficient (Wildman–Crippen LogP) is -0.239. The van der Waals surface area contributed by atoms with Gasteiger partial charge in [-0.3, -0.25) is 14.2 Å². The highest BCUT2D eigenvalue weighted by atomic mass is 16.1. The Morgan fingerprint density at radius 2 is 2.33 bits per heavy atom. The van der Waals surface area contributed by atoms with Crippen LogP contribution in [0.4, 0.5) is 0 Å². The van der Waals surface area contributed by atoms with Gasteiger partial charge in [0.25, 0.3) is 0 Å². The minimum absolute atomic E-state index is 0.0210. The first-order valence-corrected chi connectivity index (χ1v) is 5.82. The average Bonchev–Trinajstić information content (AvgIpc) is 2.99. The summed E-state index contributed by atoms with van der Waals surface area (Å²) in [6.45, 7) is 1.17. The molecular formula is C11H16N6O. The molecule has 0 aliphatic carbocycles. The molecule has 2 rings (SSSR count). The van der Waals surface area contributed by atoms with Crippen LogP contribution < -0.4 is 5.32 Å². The summed E-state index contributed by atoms with van der Waals surface area (Å²) >= 11 is 0. The van der Waals surface area contributed by atoms with E-state index in [4.69, 9.17) is 0 Å². The quantitative estimate of drug-likeness (QED) is 0.765. The van der Waals surface area contributed by atoms with Gasteiger partial charge in [-0.15, -0.1) is 0 Å². The van der Waals surface area contributed by atoms with E-state index in [0.717, 1.165) is 5.82 Å². The van der Waals surface area contributed by atoms with E-state index < -0.39 is 0 Å². The number of nitrogens with zero attached hydrogens (tertiary/aromatic N) is 5. The molecule has 0 radical (unpaired) electrons. The standard InChI is InChI=1S/C11H16N6O/c1-16-10(13-9-15-16)3-6-12-11(18)4-8-17-7-2-5-14-17/h2,5,7,9H,3-4,6,8H2,1H3,(H,12,18). The fourth-order valence-corrected chi connectivity index (χ4v) is 1.60. The van der Waals surface area contributed by atoms with Crippen LogP contribution in [-0.4, -0.2) is 37.0 Å². The van der Waals surface area contributed by atoms with Gasteiger partial charge in [0.2, 0.25) is 5.91 Å². The van der Waals surface area contributed by atoms with Crippen molar-refractivity contribution in [1.29, 1.82) is 0 Å². The molecule has 0 saturated carbocycles. The van der Waals surface area contributed by atoms with Gasteiger partial charge in [-0.1, -0.05) is 0 Å². The van der Waals surface area contributed by atoms with Crippen molar-refractivity contribution in [2.45, 2.75) is 19.4 Å². The molecule has 96 valence electrons. The van der Waals surface area contributed by atoms with Crippen molar-refractivity contribution < 1.29 is 4.79 Å². The Morgan fingerprint density at radius 3 is 3.00 bits per heavy atom. The third-order valence-corrected chi connectivity index (χ3v) is 2.60. The second-order valence-electron chi connectivity index (χ2n) is 3.92. The summed E-state index contributed by atoms with van der Waals surface area (Å²) < 4.78 is 3.44. The lowest BCUT2D eigenvalue weighted by Gasteiger charge is -2.05. The zero-order chi connectivity index (χ0) is 12.8. The van der Waals surface area contributed by atoms with Crippen LogP contribution in [0.2, 0.25) is 0 Å². The van der Waals surface area contributed by atoms with Crippen molar-refractivity contribution in [2.75, 3.05) is 6.54 Å². The maximum absolute atomic E-state index is 11.6. The third-order valence-electron chi connectivity index (χ3n) is 2.60. The van der Waals surface area contributed by atoms with Gasteiger partial charge in [-0.05, 0) is 6.07 Å². The molecule has 7 nitrogen and oxygen atoms in total. The smallest absolute Gasteiger partial charge is 0.221 e. The first kappa shape index (κ1) is 12.3. The molecular weight excluding hydrogens is 232 g/mol. The number of aryl methyl sites for hydroxylation is 2. The van der Waals surface area contributed by atoms with Crippen LogP contribution in [0.25, 0.3) is 0 Å². The van der Waals surface area contributed by atoms with Crippen molar-refractivity contribution in [1.82, 2.24) is 29.9 Å². The largest absolute Gasteiger partial charge is 0.356 e. The molecule has 0 spiro atoms. The monoisotopic (exact) mass is 248 g/mol. The Balaban J connectivity index is 1.65. The van der Waals surface area contributed by atoms with Crippen molar-refractivity contribution in [3.05, 3.63) is 30.6 Å². The zero-order valence-electron chi connectivity index (χ0n) is 10.3. The van der Waals surface area contributed by atoms with E-state index in [1.165, 1.54) is 6.33 Å². The molecule has 0 fully saturated rings. The average molecular weight is 248 g/mol. The number of rotatable bonds is 6. The maximum Gasteiger partial charge on any atom is 0.221 e. The van der Waals surface area contributed by atoms with Crippen LogP contribution in [0.5, 0.6) is 0 Å². The molecule has 1 N–H and O–H groups in total. The predicted molar refractivity (Wildman–Crippen MR) is 64.6 cm³/mol. The molecule has 0 unspecified atom stereocenters. The minimum Gasteiger partial charge on any atom is -0.356 e. The summed E-state index contributed by atoms with van der Waals surface area (Å²) in [4.78, 5) is 15.6. The fraction of sp³-hybridized carbons (Fsp3) is 0.455. The van der Waals surface area contributed by atoms with Gasteiger partial charge in [-0.2, -0.15) is 10.2 Å². The minimum atomic E-state index is 0.0210. The van der Waals surface area contributed by atoms with Crippen molar-refractivity contribution in [3.8, 4) is 0 Å². The van der Waals surface area contributed by atoms with Gasteiger partial charge in [0.1, 0.15) is 12.2 Å². The van der Waals surface area contributed by atoms with Gasteiger partial charge in [0, 0.05) is 45.4 Å². The lowest BCUT2D eigenvalue weighted by molar-refractivity contribution is -0.121. The van der Waals surface area contributed by atoms with Crippen LogP contribution in [-0.2, 0) is 24.8 Å². The van der Waals surface area contributed by atoms with E-state index in [-0.39, 0.29) is 5.91 Å². The molecule has 18 heavy (non-hydrogen) atoms. The van der Waals surface area contributed by atoms with Crippen molar-refractivity contribution in [3.63, 3.8) is 0 Å². The van der Waals surface area contributed by atoms with E-state index in [9.17, 15) is 4.79 Å². The zero-order valence-corrected chi connectivity index (χ0v) is 10.3. The molecule has 0 aromatic carbocycles. The first-order chi connectivity index (χ1) is 8.75. The summed E-state index contributed by atoms with van der Waals surface area (Å²) in [5.74, 6) is 0.884. The summed E-state index contributed by atoms with van der Waals surface area (Å²) in [5.41, 5.74) is 0. The molecule has 1 amide bonds. The highest BCUT2D eigenvalue weighted by molar-refractivity contribution is 5.75. The first-order valence-electron chi connectivity index (χ1n) is 5.82. The van der Waals surface area contributed by atoms with Gasteiger partial charge in [-0.25, -0.2) is 4.98 Å². The van der Waals surface area contributed by atoms with Crippen LogP contribution in [0.3, 0.4) is 0 Å². The topological polar surface area (TPSA) is 77.6 Å². The van der Waals surface area contributed by atoms with Gasteiger partial charge >= 0.3 is 0 Å². The van der Waals surface area contributed by atoms with Crippen LogP contribution in [0.15, 0.2) is 24.8 Å². The molecule has 2 aromatic heterocycles. The molecule has 0 aliphatic heterocycles. The van der Waals surface area contributed by atoms with Crippen molar-refractivity contribution >= 4 is 5.91 Å². The number of amides is 1. The van der Waals surface area contributed by atoms with E-state index in [1.807, 2.05) is 19.3 Å². The molecule has 0 aliphatic rings. The van der Waals surface area contributed by atoms with E-state index in [1.54, 1.807) is 15.6 Å². The molecule has 0 saturated heterocycles. The molecule has 0 bridgehead atoms. The number of hydrogen-bond acceptors (Lipinski definition) is 4. The maximum atomic E-state index is 11.6. The highest BCUT2D eigenvalue weighted by Crippen LogP contribution is 1.92. The van der Waals surface area contributed by atoms with Gasteiger partial charge < -0.3 is 5.32 Å². The van der Waals surface area contributed by atoms with Crippen LogP contribution >= 0.6 is 0 Å². The number of aromatic nitrogens is 5. The number of hydrogen-bond donors (Lipinski definition) is 1. The van der Waals surface area contributed by atoms with Gasteiger partial charge in [0.05, 0.1) is 0 Å². The highest BCUT2D eigenvalue weighted by Gasteiger charge is 2.03. The fourth-order valence-electron chi connectivity index (χ4n) is 1.60. The molecule has 7 heteroatoms. The Morgan fingerprint density at radius 1 is 1.44 bits per heavy atom. The summed E-state index contributed by atoms with van der Waals surface area (Å²) in [7, 11) is 1.84. The lowest BCUT2D eigenvalue weighted by atomic mass is 10.3. The van der Waals surface area contributed by atoms with E-state index in [2.05, 4.69) is 20.5 Å². The van der Waals surface area contributed by atoms with Crippen LogP contribution in [0.1, 0.15) is 12.2 Å². The van der Waals surface area contributed by atoms with Gasteiger partial charge in [0.15, 0.2) is 0 Å². The number of nitrogens with one attached hydrogen (secondary N) is 1. The Kier molecular flexibility index (Phi) is 4.06. The van der Waals surface area contributed by atoms with E-state index in [0.29, 0.717) is 25.9 Å². The Labute approximate surface area is 105 Å². The van der Waals surface area contributed by atoms with Crippen LogP contribution in [0, 0.1) is 0 Å².